The molecule has 7 nitrogen and oxygen atoms in total. The number of hydrogen-bond donors (Lipinski definition) is 0. The summed E-state index contributed by atoms with van der Waals surface area (Å²) in [5.41, 5.74) is 10.5. The van der Waals surface area contributed by atoms with Crippen LogP contribution in [0, 0.1) is 17.8 Å². The smallest absolute Gasteiger partial charge is 0.305 e. The van der Waals surface area contributed by atoms with Crippen LogP contribution in [0.3, 0.4) is 0 Å². The average Bonchev–Trinajstić information content (AvgIpc) is 3.16. The lowest BCUT2D eigenvalue weighted by Crippen LogP contribution is -2.37. The summed E-state index contributed by atoms with van der Waals surface area (Å²) in [5.74, 6) is 0.920. The first-order valence-electron chi connectivity index (χ1n) is 22.2. The highest BCUT2D eigenvalue weighted by molar-refractivity contribution is 5.69. The topological polar surface area (TPSA) is 74.3 Å². The summed E-state index contributed by atoms with van der Waals surface area (Å²) >= 11 is 0. The van der Waals surface area contributed by atoms with E-state index in [0.717, 1.165) is 130 Å². The van der Waals surface area contributed by atoms with Gasteiger partial charge in [0.1, 0.15) is 0 Å². The number of ether oxygens (including phenoxy) is 4. The summed E-state index contributed by atoms with van der Waals surface area (Å²) in [5, 5.41) is 0. The minimum absolute atomic E-state index is 0.0805. The first-order valence-corrected chi connectivity index (χ1v) is 22.2. The lowest BCUT2D eigenvalue weighted by atomic mass is 9.79. The molecule has 2 aliphatic rings. The maximum atomic E-state index is 12.8. The Labute approximate surface area is 325 Å². The van der Waals surface area contributed by atoms with Crippen LogP contribution in [0.4, 0.5) is 0 Å². The van der Waals surface area contributed by atoms with E-state index in [1.54, 1.807) is 0 Å². The Morgan fingerprint density at radius 2 is 1.21 bits per heavy atom. The molecule has 0 saturated carbocycles. The summed E-state index contributed by atoms with van der Waals surface area (Å²) < 4.78 is 23.3. The van der Waals surface area contributed by atoms with Crippen molar-refractivity contribution in [3.8, 4) is 0 Å². The molecule has 0 spiro atoms. The molecular weight excluding hydrogens is 663 g/mol. The third kappa shape index (κ3) is 24.8. The Morgan fingerprint density at radius 1 is 0.679 bits per heavy atom. The molecular formula is C46H79NO6. The number of rotatable bonds is 14. The second-order valence-corrected chi connectivity index (χ2v) is 15.6. The largest absolute Gasteiger partial charge is 0.466 e. The van der Waals surface area contributed by atoms with Crippen LogP contribution in [0.2, 0.25) is 0 Å². The first kappa shape index (κ1) is 47.1. The number of hydrogen-bond acceptors (Lipinski definition) is 7. The zero-order chi connectivity index (χ0) is 38.0. The van der Waals surface area contributed by atoms with Gasteiger partial charge in [-0.15, -0.1) is 0 Å². The van der Waals surface area contributed by atoms with Crippen molar-refractivity contribution in [1.82, 2.24) is 4.90 Å². The molecule has 2 atom stereocenters. The van der Waals surface area contributed by atoms with Gasteiger partial charge in [-0.05, 0) is 93.4 Å². The monoisotopic (exact) mass is 742 g/mol. The molecule has 2 fully saturated rings. The lowest BCUT2D eigenvalue weighted by Gasteiger charge is -2.26. The van der Waals surface area contributed by atoms with Crippen LogP contribution in [0.25, 0.3) is 0 Å². The fourth-order valence-corrected chi connectivity index (χ4v) is 7.86. The predicted octanol–water partition coefficient (Wildman–Crippen LogP) is 11.1. The zero-order valence-corrected chi connectivity index (χ0v) is 34.4. The van der Waals surface area contributed by atoms with Crippen molar-refractivity contribution in [3.63, 3.8) is 0 Å². The highest BCUT2D eigenvalue weighted by atomic mass is 16.5. The van der Waals surface area contributed by atoms with E-state index < -0.39 is 0 Å². The summed E-state index contributed by atoms with van der Waals surface area (Å²) in [6.45, 7) is 15.6. The van der Waals surface area contributed by atoms with Crippen LogP contribution < -0.4 is 0 Å². The Kier molecular flexibility index (Phi) is 29.5. The van der Waals surface area contributed by atoms with Crippen molar-refractivity contribution >= 4 is 11.9 Å². The van der Waals surface area contributed by atoms with Gasteiger partial charge in [-0.3, -0.25) is 14.5 Å². The number of morpholine rings is 1. The Balaban J connectivity index is 1.98. The second-order valence-electron chi connectivity index (χ2n) is 15.6. The van der Waals surface area contributed by atoms with E-state index in [2.05, 4.69) is 42.5 Å². The van der Waals surface area contributed by atoms with Gasteiger partial charge in [0, 0.05) is 45.7 Å². The number of esters is 2. The third-order valence-electron chi connectivity index (χ3n) is 11.2. The molecule has 0 bridgehead atoms. The Morgan fingerprint density at radius 3 is 1.74 bits per heavy atom. The number of nitrogens with zero attached hydrogens (tertiary/aromatic N) is 1. The van der Waals surface area contributed by atoms with E-state index in [4.69, 9.17) is 18.9 Å². The van der Waals surface area contributed by atoms with E-state index in [1.807, 2.05) is 0 Å². The molecule has 0 aromatic rings. The fourth-order valence-electron chi connectivity index (χ4n) is 7.86. The maximum Gasteiger partial charge on any atom is 0.305 e. The quantitative estimate of drug-likeness (QED) is 0.0997. The van der Waals surface area contributed by atoms with E-state index in [-0.39, 0.29) is 23.8 Å². The van der Waals surface area contributed by atoms with Gasteiger partial charge in [0.15, 0.2) is 0 Å². The highest BCUT2D eigenvalue weighted by Gasteiger charge is 2.24. The molecule has 0 aliphatic carbocycles. The molecule has 7 heteroatoms. The second kappa shape index (κ2) is 33.3. The van der Waals surface area contributed by atoms with Crippen LogP contribution in [-0.4, -0.2) is 76.1 Å². The van der Waals surface area contributed by atoms with Crippen LogP contribution in [0.1, 0.15) is 174 Å². The van der Waals surface area contributed by atoms with Gasteiger partial charge in [-0.2, -0.15) is 0 Å². The van der Waals surface area contributed by atoms with E-state index in [9.17, 15) is 9.59 Å². The van der Waals surface area contributed by atoms with Gasteiger partial charge in [-0.1, -0.05) is 115 Å². The summed E-state index contributed by atoms with van der Waals surface area (Å²) in [6.07, 6.45) is 26.1. The normalized spacial score (nSPS) is 23.6. The van der Waals surface area contributed by atoms with E-state index in [0.29, 0.717) is 32.0 Å². The predicted molar refractivity (Wildman–Crippen MR) is 217 cm³/mol. The Hall–Kier alpha value is -2.10. The van der Waals surface area contributed by atoms with Gasteiger partial charge in [0.05, 0.1) is 26.4 Å². The standard InChI is InChI=1S/C46H79NO6/c1-4-7-16-25-42-30-36-52-45(48)28-20-14-10-12-18-23-41(40-51-35-22-32-47-33-38-50-39-34-47)24-19-13-11-15-21-29-46(49)53-37-31-43(26-17-8-5-2)44(42)27-9-6-3/h41-43H,3-5,7-8,10-26,28-40H2,1-2H3. The highest BCUT2D eigenvalue weighted by Crippen LogP contribution is 2.33. The number of unbranched alkanes of at least 4 members (excludes halogenated alkanes) is 4. The van der Waals surface area contributed by atoms with Crippen LogP contribution in [-0.2, 0) is 28.5 Å². The molecule has 0 aromatic heterocycles. The van der Waals surface area contributed by atoms with Gasteiger partial charge in [-0.25, -0.2) is 0 Å². The van der Waals surface area contributed by atoms with Crippen LogP contribution >= 0.6 is 0 Å². The molecule has 2 saturated heterocycles. The molecule has 2 unspecified atom stereocenters. The first-order chi connectivity index (χ1) is 26.1. The third-order valence-corrected chi connectivity index (χ3v) is 11.2. The van der Waals surface area contributed by atoms with Crippen molar-refractivity contribution in [2.75, 3.05) is 59.3 Å². The van der Waals surface area contributed by atoms with Crippen molar-refractivity contribution < 1.29 is 28.5 Å². The lowest BCUT2D eigenvalue weighted by molar-refractivity contribution is -0.144. The minimum atomic E-state index is -0.0805. The number of carbonyl (C=O) groups is 2. The molecule has 0 aromatic carbocycles. The number of allylic oxidation sites excluding steroid dienone is 1. The zero-order valence-electron chi connectivity index (χ0n) is 34.4. The maximum absolute atomic E-state index is 12.8. The van der Waals surface area contributed by atoms with Crippen LogP contribution in [0.5, 0.6) is 0 Å². The van der Waals surface area contributed by atoms with Gasteiger partial charge in [0.2, 0.25) is 0 Å². The van der Waals surface area contributed by atoms with Crippen molar-refractivity contribution in [2.24, 2.45) is 17.8 Å². The molecule has 0 N–H and O–H groups in total. The van der Waals surface area contributed by atoms with Gasteiger partial charge in [0.25, 0.3) is 0 Å². The van der Waals surface area contributed by atoms with Gasteiger partial charge < -0.3 is 18.9 Å². The van der Waals surface area contributed by atoms with Crippen LogP contribution in [0.15, 0.2) is 29.3 Å². The number of cyclic esters (lactones) is 2. The van der Waals surface area contributed by atoms with Gasteiger partial charge >= 0.3 is 11.9 Å². The van der Waals surface area contributed by atoms with E-state index >= 15 is 0 Å². The molecule has 2 heterocycles. The Bertz CT molecular complexity index is 998. The van der Waals surface area contributed by atoms with Crippen molar-refractivity contribution in [2.45, 2.75) is 174 Å². The molecule has 53 heavy (non-hydrogen) atoms. The summed E-state index contributed by atoms with van der Waals surface area (Å²) in [4.78, 5) is 28.0. The van der Waals surface area contributed by atoms with E-state index in [1.165, 1.54) is 69.8 Å². The minimum Gasteiger partial charge on any atom is -0.466 e. The molecule has 2 aliphatic heterocycles. The molecule has 304 valence electrons. The molecule has 2 rings (SSSR count). The number of carbonyl (C=O) groups excluding carboxylic acids is 2. The van der Waals surface area contributed by atoms with Crippen molar-refractivity contribution in [1.29, 1.82) is 0 Å². The van der Waals surface area contributed by atoms with Crippen molar-refractivity contribution in [3.05, 3.63) is 29.3 Å². The fraction of sp³-hybridized carbons (Fsp3) is 0.848. The molecule has 0 radical (unpaired) electrons. The average molecular weight is 742 g/mol. The summed E-state index contributed by atoms with van der Waals surface area (Å²) in [6, 6.07) is 0. The summed E-state index contributed by atoms with van der Waals surface area (Å²) in [7, 11) is 0. The SMILES string of the molecule is C=C=C=C=C1C(CCCCC)CCOC(=O)CCCCCCCC(COCCCN2CCOCC2)CCCCCCCC(=O)OCCC1CCCCC. The molecule has 0 amide bonds.